The van der Waals surface area contributed by atoms with Gasteiger partial charge in [-0.2, -0.15) is 10.2 Å². The van der Waals surface area contributed by atoms with Gasteiger partial charge >= 0.3 is 5.97 Å². The van der Waals surface area contributed by atoms with E-state index in [-0.39, 0.29) is 17.7 Å². The van der Waals surface area contributed by atoms with Crippen molar-refractivity contribution >= 4 is 11.9 Å². The number of nitrogens with one attached hydrogen (secondary N) is 1. The van der Waals surface area contributed by atoms with Crippen molar-refractivity contribution in [2.24, 2.45) is 0 Å². The molecule has 0 saturated heterocycles. The van der Waals surface area contributed by atoms with E-state index >= 15 is 0 Å². The highest BCUT2D eigenvalue weighted by molar-refractivity contribution is 5.96. The van der Waals surface area contributed by atoms with E-state index in [2.05, 4.69) is 15.5 Å². The molecule has 1 aromatic heterocycles. The van der Waals surface area contributed by atoms with Gasteiger partial charge in [0.25, 0.3) is 5.91 Å². The van der Waals surface area contributed by atoms with Crippen molar-refractivity contribution in [1.82, 2.24) is 15.5 Å². The maximum absolute atomic E-state index is 11.9. The number of rotatable bonds is 5. The fourth-order valence-electron chi connectivity index (χ4n) is 1.73. The molecule has 0 aliphatic rings. The minimum absolute atomic E-state index is 0.0949. The summed E-state index contributed by atoms with van der Waals surface area (Å²) in [5.74, 6) is -1.58. The molecule has 7 heteroatoms. The van der Waals surface area contributed by atoms with Crippen LogP contribution in [0.4, 0.5) is 0 Å². The average Bonchev–Trinajstić information content (AvgIpc) is 2.49. The number of phenols is 1. The number of aromatic nitrogens is 2. The first-order valence-corrected chi connectivity index (χ1v) is 6.14. The first kappa shape index (κ1) is 14.4. The first-order chi connectivity index (χ1) is 10.1. The van der Waals surface area contributed by atoms with Crippen LogP contribution in [0.1, 0.15) is 15.9 Å². The predicted octanol–water partition coefficient (Wildman–Crippen LogP) is 0.608. The maximum Gasteiger partial charge on any atom is 0.326 e. The molecule has 21 heavy (non-hydrogen) atoms. The Morgan fingerprint density at radius 3 is 2.43 bits per heavy atom. The van der Waals surface area contributed by atoms with Crippen LogP contribution in [0, 0.1) is 0 Å². The van der Waals surface area contributed by atoms with Crippen LogP contribution in [-0.4, -0.2) is 38.3 Å². The number of carboxylic acid groups (broad SMARTS) is 1. The summed E-state index contributed by atoms with van der Waals surface area (Å²) in [5, 5.41) is 27.9. The van der Waals surface area contributed by atoms with Gasteiger partial charge in [0, 0.05) is 6.42 Å². The van der Waals surface area contributed by atoms with Crippen LogP contribution >= 0.6 is 0 Å². The number of benzene rings is 1. The third kappa shape index (κ3) is 4.00. The molecule has 0 bridgehead atoms. The molecule has 0 saturated carbocycles. The largest absolute Gasteiger partial charge is 0.508 e. The molecule has 1 aromatic carbocycles. The third-order valence-electron chi connectivity index (χ3n) is 2.83. The summed E-state index contributed by atoms with van der Waals surface area (Å²) in [7, 11) is 0. The van der Waals surface area contributed by atoms with Crippen LogP contribution in [0.5, 0.6) is 5.75 Å². The van der Waals surface area contributed by atoms with Gasteiger partial charge in [0.2, 0.25) is 0 Å². The molecule has 2 rings (SSSR count). The average molecular weight is 287 g/mol. The molecule has 108 valence electrons. The van der Waals surface area contributed by atoms with E-state index in [1.165, 1.54) is 30.6 Å². The fraction of sp³-hybridized carbons (Fsp3) is 0.143. The van der Waals surface area contributed by atoms with E-state index in [4.69, 9.17) is 0 Å². The van der Waals surface area contributed by atoms with Gasteiger partial charge in [-0.15, -0.1) is 0 Å². The summed E-state index contributed by atoms with van der Waals surface area (Å²) in [6, 6.07) is 6.50. The molecular weight excluding hydrogens is 274 g/mol. The van der Waals surface area contributed by atoms with Gasteiger partial charge in [-0.05, 0) is 23.8 Å². The third-order valence-corrected chi connectivity index (χ3v) is 2.83. The van der Waals surface area contributed by atoms with Crippen molar-refractivity contribution in [3.05, 3.63) is 53.9 Å². The van der Waals surface area contributed by atoms with E-state index in [9.17, 15) is 19.8 Å². The standard InChI is InChI=1S/C14H13N3O4/c18-11-3-1-9(2-4-11)7-12(14(20)21)17-13(19)10-5-6-15-16-8-10/h1-6,8,12,18H,7H2,(H,17,19)(H,20,21). The minimum atomic E-state index is -1.14. The van der Waals surface area contributed by atoms with Crippen LogP contribution < -0.4 is 5.32 Å². The zero-order valence-electron chi connectivity index (χ0n) is 10.9. The monoisotopic (exact) mass is 287 g/mol. The smallest absolute Gasteiger partial charge is 0.326 e. The first-order valence-electron chi connectivity index (χ1n) is 6.14. The number of nitrogens with zero attached hydrogens (tertiary/aromatic N) is 2. The highest BCUT2D eigenvalue weighted by Gasteiger charge is 2.21. The molecule has 0 spiro atoms. The molecule has 1 heterocycles. The quantitative estimate of drug-likeness (QED) is 0.742. The summed E-state index contributed by atoms with van der Waals surface area (Å²) in [4.78, 5) is 23.2. The van der Waals surface area contributed by atoms with Gasteiger partial charge in [0.15, 0.2) is 0 Å². The number of phenolic OH excluding ortho intramolecular Hbond substituents is 1. The zero-order chi connectivity index (χ0) is 15.2. The van der Waals surface area contributed by atoms with Crippen molar-refractivity contribution in [2.45, 2.75) is 12.5 Å². The topological polar surface area (TPSA) is 112 Å². The van der Waals surface area contributed by atoms with E-state index in [1.807, 2.05) is 0 Å². The van der Waals surface area contributed by atoms with Crippen LogP contribution in [0.2, 0.25) is 0 Å². The van der Waals surface area contributed by atoms with E-state index in [0.717, 1.165) is 0 Å². The van der Waals surface area contributed by atoms with Gasteiger partial charge in [-0.25, -0.2) is 4.79 Å². The number of aliphatic carboxylic acids is 1. The number of carboxylic acids is 1. The molecule has 1 atom stereocenters. The van der Waals surface area contributed by atoms with Crippen molar-refractivity contribution in [2.75, 3.05) is 0 Å². The molecule has 1 amide bonds. The zero-order valence-corrected chi connectivity index (χ0v) is 10.9. The second-order valence-electron chi connectivity index (χ2n) is 4.37. The predicted molar refractivity (Wildman–Crippen MR) is 72.7 cm³/mol. The van der Waals surface area contributed by atoms with Crippen molar-refractivity contribution in [3.63, 3.8) is 0 Å². The molecule has 0 radical (unpaired) electrons. The van der Waals surface area contributed by atoms with Crippen molar-refractivity contribution < 1.29 is 19.8 Å². The number of aromatic hydroxyl groups is 1. The number of carbonyl (C=O) groups is 2. The SMILES string of the molecule is O=C(NC(Cc1ccc(O)cc1)C(=O)O)c1ccnnc1. The summed E-state index contributed by atoms with van der Waals surface area (Å²) in [5.41, 5.74) is 0.926. The van der Waals surface area contributed by atoms with Crippen LogP contribution in [0.3, 0.4) is 0 Å². The number of carbonyl (C=O) groups excluding carboxylic acids is 1. The molecule has 0 fully saturated rings. The lowest BCUT2D eigenvalue weighted by atomic mass is 10.1. The normalized spacial score (nSPS) is 11.6. The maximum atomic E-state index is 11.9. The van der Waals surface area contributed by atoms with Crippen LogP contribution in [-0.2, 0) is 11.2 Å². The Bertz CT molecular complexity index is 628. The van der Waals surface area contributed by atoms with Gasteiger partial charge < -0.3 is 15.5 Å². The van der Waals surface area contributed by atoms with Gasteiger partial charge in [0.05, 0.1) is 18.0 Å². The van der Waals surface area contributed by atoms with Gasteiger partial charge in [-0.3, -0.25) is 4.79 Å². The van der Waals surface area contributed by atoms with Gasteiger partial charge in [-0.1, -0.05) is 12.1 Å². The Labute approximate surface area is 120 Å². The lowest BCUT2D eigenvalue weighted by Crippen LogP contribution is -2.42. The van der Waals surface area contributed by atoms with Crippen molar-refractivity contribution in [1.29, 1.82) is 0 Å². The number of amides is 1. The highest BCUT2D eigenvalue weighted by atomic mass is 16.4. The summed E-state index contributed by atoms with van der Waals surface area (Å²) >= 11 is 0. The minimum Gasteiger partial charge on any atom is -0.508 e. The molecule has 7 nitrogen and oxygen atoms in total. The van der Waals surface area contributed by atoms with Crippen LogP contribution in [0.15, 0.2) is 42.7 Å². The second-order valence-corrected chi connectivity index (χ2v) is 4.37. The lowest BCUT2D eigenvalue weighted by Gasteiger charge is -2.14. The summed E-state index contributed by atoms with van der Waals surface area (Å²) < 4.78 is 0. The number of hydrogen-bond acceptors (Lipinski definition) is 5. The summed E-state index contributed by atoms with van der Waals surface area (Å²) in [6.07, 6.45) is 2.72. The second kappa shape index (κ2) is 6.47. The molecule has 0 aliphatic heterocycles. The lowest BCUT2D eigenvalue weighted by molar-refractivity contribution is -0.139. The Hall–Kier alpha value is -2.96. The van der Waals surface area contributed by atoms with Crippen molar-refractivity contribution in [3.8, 4) is 5.75 Å². The van der Waals surface area contributed by atoms with Gasteiger partial charge in [0.1, 0.15) is 11.8 Å². The highest BCUT2D eigenvalue weighted by Crippen LogP contribution is 2.11. The Balaban J connectivity index is 2.07. The molecule has 2 aromatic rings. The summed E-state index contributed by atoms with van der Waals surface area (Å²) in [6.45, 7) is 0. The molecule has 0 aliphatic carbocycles. The van der Waals surface area contributed by atoms with E-state index < -0.39 is 17.9 Å². The Kier molecular flexibility index (Phi) is 4.45. The van der Waals surface area contributed by atoms with Crippen LogP contribution in [0.25, 0.3) is 0 Å². The molecule has 3 N–H and O–H groups in total. The Morgan fingerprint density at radius 1 is 1.14 bits per heavy atom. The number of hydrogen-bond donors (Lipinski definition) is 3. The Morgan fingerprint density at radius 2 is 1.86 bits per heavy atom. The van der Waals surface area contributed by atoms with E-state index in [1.54, 1.807) is 12.1 Å². The fourth-order valence-corrected chi connectivity index (χ4v) is 1.73. The molecule has 1 unspecified atom stereocenters. The molecular formula is C14H13N3O4. The van der Waals surface area contributed by atoms with E-state index in [0.29, 0.717) is 5.56 Å².